The molecular weight excluding hydrogens is 384 g/mol. The molecule has 0 aliphatic rings. The van der Waals surface area contributed by atoms with Crippen LogP contribution in [0.25, 0.3) is 17.1 Å². The number of anilines is 1. The van der Waals surface area contributed by atoms with Crippen molar-refractivity contribution < 1.29 is 14.3 Å². The van der Waals surface area contributed by atoms with Gasteiger partial charge in [0.05, 0.1) is 32.3 Å². The molecule has 3 rings (SSSR count). The lowest BCUT2D eigenvalue weighted by Crippen LogP contribution is -2.25. The molecule has 0 atom stereocenters. The second kappa shape index (κ2) is 10.2. The zero-order valence-electron chi connectivity index (χ0n) is 17.4. The van der Waals surface area contributed by atoms with E-state index in [1.165, 1.54) is 12.4 Å². The third-order valence-electron chi connectivity index (χ3n) is 4.43. The van der Waals surface area contributed by atoms with Crippen LogP contribution in [0.2, 0.25) is 0 Å². The summed E-state index contributed by atoms with van der Waals surface area (Å²) in [6, 6.07) is 5.46. The first-order valence-corrected chi connectivity index (χ1v) is 9.74. The largest absolute Gasteiger partial charge is 0.493 e. The second-order valence-electron chi connectivity index (χ2n) is 6.49. The molecule has 0 bridgehead atoms. The van der Waals surface area contributed by atoms with E-state index in [0.717, 1.165) is 35.4 Å². The quantitative estimate of drug-likeness (QED) is 0.495. The number of benzene rings is 1. The van der Waals surface area contributed by atoms with Crippen LogP contribution < -0.4 is 20.1 Å². The molecule has 0 aliphatic heterocycles. The van der Waals surface area contributed by atoms with Gasteiger partial charge in [0.1, 0.15) is 12.1 Å². The van der Waals surface area contributed by atoms with Gasteiger partial charge in [0.2, 0.25) is 5.91 Å². The molecule has 9 heteroatoms. The highest BCUT2D eigenvalue weighted by atomic mass is 16.5. The summed E-state index contributed by atoms with van der Waals surface area (Å²) < 4.78 is 12.2. The number of nitrogens with one attached hydrogen (secondary N) is 2. The topological polar surface area (TPSA) is 103 Å². The van der Waals surface area contributed by atoms with Gasteiger partial charge in [-0.25, -0.2) is 14.6 Å². The minimum atomic E-state index is -0.193. The first-order chi connectivity index (χ1) is 14.7. The van der Waals surface area contributed by atoms with Crippen LogP contribution in [0.3, 0.4) is 0 Å². The Morgan fingerprint density at radius 3 is 2.77 bits per heavy atom. The average molecular weight is 410 g/mol. The molecule has 3 aromatic rings. The van der Waals surface area contributed by atoms with Crippen LogP contribution in [0.4, 0.5) is 5.82 Å². The Bertz CT molecular complexity index is 1030. The Morgan fingerprint density at radius 1 is 1.17 bits per heavy atom. The summed E-state index contributed by atoms with van der Waals surface area (Å²) in [4.78, 5) is 20.7. The Kier molecular flexibility index (Phi) is 7.20. The van der Waals surface area contributed by atoms with Gasteiger partial charge in [-0.15, -0.1) is 0 Å². The van der Waals surface area contributed by atoms with Gasteiger partial charge in [-0.1, -0.05) is 13.0 Å². The van der Waals surface area contributed by atoms with E-state index >= 15 is 0 Å². The molecule has 0 unspecified atom stereocenters. The van der Waals surface area contributed by atoms with Gasteiger partial charge in [-0.2, -0.15) is 5.10 Å². The number of fused-ring (bicyclic) bond motifs is 1. The minimum absolute atomic E-state index is 0.193. The molecule has 2 N–H and O–H groups in total. The predicted octanol–water partition coefficient (Wildman–Crippen LogP) is 2.50. The summed E-state index contributed by atoms with van der Waals surface area (Å²) in [7, 11) is 3.16. The van der Waals surface area contributed by atoms with E-state index in [9.17, 15) is 4.79 Å². The molecule has 0 aliphatic carbocycles. The first-order valence-electron chi connectivity index (χ1n) is 9.74. The summed E-state index contributed by atoms with van der Waals surface area (Å²) in [5, 5.41) is 11.4. The van der Waals surface area contributed by atoms with Crippen LogP contribution >= 0.6 is 0 Å². The lowest BCUT2D eigenvalue weighted by Gasteiger charge is -2.07. The van der Waals surface area contributed by atoms with Gasteiger partial charge in [-0.3, -0.25) is 4.79 Å². The number of amides is 1. The molecule has 0 saturated heterocycles. The smallest absolute Gasteiger partial charge is 0.244 e. The molecule has 0 spiro atoms. The van der Waals surface area contributed by atoms with Crippen molar-refractivity contribution in [3.63, 3.8) is 0 Å². The highest BCUT2D eigenvalue weighted by Crippen LogP contribution is 2.27. The van der Waals surface area contributed by atoms with Gasteiger partial charge in [-0.05, 0) is 30.2 Å². The number of nitrogens with zero attached hydrogens (tertiary/aromatic N) is 4. The van der Waals surface area contributed by atoms with E-state index in [1.54, 1.807) is 37.2 Å². The van der Waals surface area contributed by atoms with Gasteiger partial charge in [0.25, 0.3) is 0 Å². The fourth-order valence-electron chi connectivity index (χ4n) is 2.91. The highest BCUT2D eigenvalue weighted by Gasteiger charge is 2.09. The van der Waals surface area contributed by atoms with Crippen molar-refractivity contribution in [1.29, 1.82) is 0 Å². The van der Waals surface area contributed by atoms with Crippen molar-refractivity contribution in [2.75, 3.05) is 32.6 Å². The Labute approximate surface area is 175 Å². The third kappa shape index (κ3) is 5.05. The fraction of sp³-hybridized carbons (Fsp3) is 0.333. The Hall–Kier alpha value is -3.62. The van der Waals surface area contributed by atoms with Crippen LogP contribution in [0, 0.1) is 0 Å². The summed E-state index contributed by atoms with van der Waals surface area (Å²) in [6.07, 6.45) is 7.47. The number of aromatic nitrogens is 4. The van der Waals surface area contributed by atoms with Crippen LogP contribution in [-0.2, 0) is 11.3 Å². The van der Waals surface area contributed by atoms with E-state index in [0.29, 0.717) is 24.6 Å². The number of hydrogen-bond donors (Lipinski definition) is 2. The summed E-state index contributed by atoms with van der Waals surface area (Å²) in [5.74, 6) is 1.83. The second-order valence-corrected chi connectivity index (χ2v) is 6.49. The van der Waals surface area contributed by atoms with Gasteiger partial charge < -0.3 is 20.1 Å². The van der Waals surface area contributed by atoms with E-state index in [-0.39, 0.29) is 5.91 Å². The number of carbonyl (C=O) groups is 1. The Balaban J connectivity index is 1.56. The zero-order chi connectivity index (χ0) is 21.3. The molecule has 1 amide bonds. The summed E-state index contributed by atoms with van der Waals surface area (Å²) >= 11 is 0. The molecule has 2 heterocycles. The van der Waals surface area contributed by atoms with Crippen LogP contribution in [0.1, 0.15) is 18.9 Å². The van der Waals surface area contributed by atoms with E-state index in [1.807, 2.05) is 12.1 Å². The van der Waals surface area contributed by atoms with Gasteiger partial charge in [0.15, 0.2) is 17.1 Å². The highest BCUT2D eigenvalue weighted by molar-refractivity contribution is 5.91. The molecule has 9 nitrogen and oxygen atoms in total. The zero-order valence-corrected chi connectivity index (χ0v) is 17.4. The van der Waals surface area contributed by atoms with Crippen molar-refractivity contribution in [3.8, 4) is 11.5 Å². The molecule has 0 saturated carbocycles. The minimum Gasteiger partial charge on any atom is -0.493 e. The van der Waals surface area contributed by atoms with E-state index < -0.39 is 0 Å². The van der Waals surface area contributed by atoms with Crippen LogP contribution in [0.5, 0.6) is 11.5 Å². The normalized spacial score (nSPS) is 11.0. The van der Waals surface area contributed by atoms with Crippen LogP contribution in [-0.4, -0.2) is 53.0 Å². The standard InChI is InChI=1S/C21H26N6O3/c1-4-9-23-20-16-13-26-27(21(16)25-14-24-20)11-10-22-19(28)8-6-15-5-7-17(29-2)18(12-15)30-3/h5-8,12-14H,4,9-11H2,1-3H3,(H,22,28)(H,23,24,25)/b8-6+. The molecular formula is C21H26N6O3. The summed E-state index contributed by atoms with van der Waals surface area (Å²) in [5.41, 5.74) is 1.57. The van der Waals surface area contributed by atoms with Crippen LogP contribution in [0.15, 0.2) is 36.8 Å². The average Bonchev–Trinajstić information content (AvgIpc) is 3.19. The number of methoxy groups -OCH3 is 2. The lowest BCUT2D eigenvalue weighted by molar-refractivity contribution is -0.116. The molecule has 0 radical (unpaired) electrons. The Morgan fingerprint density at radius 2 is 2.00 bits per heavy atom. The molecule has 30 heavy (non-hydrogen) atoms. The van der Waals surface area contributed by atoms with E-state index in [4.69, 9.17) is 9.47 Å². The molecule has 0 fully saturated rings. The van der Waals surface area contributed by atoms with Gasteiger partial charge >= 0.3 is 0 Å². The van der Waals surface area contributed by atoms with Crippen molar-refractivity contribution in [2.45, 2.75) is 19.9 Å². The fourth-order valence-corrected chi connectivity index (χ4v) is 2.91. The molecule has 158 valence electrons. The van der Waals surface area contributed by atoms with Gasteiger partial charge in [0, 0.05) is 19.2 Å². The van der Waals surface area contributed by atoms with Crippen molar-refractivity contribution >= 4 is 28.8 Å². The number of carbonyl (C=O) groups excluding carboxylic acids is 1. The third-order valence-corrected chi connectivity index (χ3v) is 4.43. The van der Waals surface area contributed by atoms with Crippen molar-refractivity contribution in [3.05, 3.63) is 42.4 Å². The lowest BCUT2D eigenvalue weighted by atomic mass is 10.2. The van der Waals surface area contributed by atoms with E-state index in [2.05, 4.69) is 32.6 Å². The first kappa shape index (κ1) is 21.1. The van der Waals surface area contributed by atoms with Crippen molar-refractivity contribution in [2.24, 2.45) is 0 Å². The molecule has 2 aromatic heterocycles. The number of hydrogen-bond acceptors (Lipinski definition) is 7. The maximum Gasteiger partial charge on any atom is 0.244 e. The maximum atomic E-state index is 12.1. The monoisotopic (exact) mass is 410 g/mol. The number of ether oxygens (including phenoxy) is 2. The van der Waals surface area contributed by atoms with Crippen molar-refractivity contribution in [1.82, 2.24) is 25.1 Å². The summed E-state index contributed by atoms with van der Waals surface area (Å²) in [6.45, 7) is 3.86. The maximum absolute atomic E-state index is 12.1. The predicted molar refractivity (Wildman–Crippen MR) is 116 cm³/mol. The SMILES string of the molecule is CCCNc1ncnc2c1cnn2CCNC(=O)/C=C/c1ccc(OC)c(OC)c1. The number of rotatable bonds is 10. The molecule has 1 aromatic carbocycles.